The van der Waals surface area contributed by atoms with E-state index in [1.165, 1.54) is 0 Å². The minimum atomic E-state index is -1.01. The summed E-state index contributed by atoms with van der Waals surface area (Å²) in [5, 5.41) is 10.8. The van der Waals surface area contributed by atoms with E-state index in [1.807, 2.05) is 72.8 Å². The first-order valence-electron chi connectivity index (χ1n) is 27.7. The normalized spacial score (nSPS) is 16.4. The summed E-state index contributed by atoms with van der Waals surface area (Å²) in [6, 6.07) is 36.0. The lowest BCUT2D eigenvalue weighted by Crippen LogP contribution is -2.36. The molecule has 3 aliphatic carbocycles. The number of ether oxygens (including phenoxy) is 9. The largest absolute Gasteiger partial charge is 0.487 e. The monoisotopic (exact) mass is 1810 g/mol. The summed E-state index contributed by atoms with van der Waals surface area (Å²) in [6.45, 7) is 6.00. The van der Waals surface area contributed by atoms with Crippen molar-refractivity contribution in [2.75, 3.05) is 19.8 Å². The minimum Gasteiger partial charge on any atom is -0.487 e. The van der Waals surface area contributed by atoms with Crippen molar-refractivity contribution in [3.63, 3.8) is 0 Å². The smallest absolute Gasteiger partial charge is 0.344 e. The van der Waals surface area contributed by atoms with Crippen LogP contribution in [0.25, 0.3) is 0 Å². The van der Waals surface area contributed by atoms with Gasteiger partial charge < -0.3 is 47.7 Å². The van der Waals surface area contributed by atoms with Gasteiger partial charge in [0, 0.05) is 0 Å². The van der Waals surface area contributed by atoms with E-state index in [-0.39, 0.29) is 48.6 Å². The first-order chi connectivity index (χ1) is 39.5. The Morgan fingerprint density at radius 3 is 1.04 bits per heavy atom. The van der Waals surface area contributed by atoms with Gasteiger partial charge >= 0.3 is 11.9 Å². The molecule has 0 bridgehead atoms. The number of carbonyl (C=O) groups excluding carboxylic acids is 2. The Hall–Kier alpha value is -2.29. The molecule has 3 saturated carbocycles. The second kappa shape index (κ2) is 29.6. The summed E-state index contributed by atoms with van der Waals surface area (Å²) in [5.74, 6) is 5.20. The molecule has 0 aromatic heterocycles. The van der Waals surface area contributed by atoms with E-state index in [9.17, 15) is 14.7 Å². The van der Waals surface area contributed by atoms with Crippen molar-refractivity contribution in [1.29, 1.82) is 0 Å². The van der Waals surface area contributed by atoms with Crippen molar-refractivity contribution in [3.8, 4) is 51.7 Å². The number of esters is 2. The van der Waals surface area contributed by atoms with Crippen molar-refractivity contribution in [3.05, 3.63) is 131 Å². The molecule has 12 nitrogen and oxygen atoms in total. The molecule has 436 valence electrons. The van der Waals surface area contributed by atoms with Gasteiger partial charge in [-0.15, -0.1) is 0 Å². The second-order valence-electron chi connectivity index (χ2n) is 20.8. The van der Waals surface area contributed by atoms with Crippen molar-refractivity contribution >= 4 is 158 Å². The standard InChI is InChI=1S/C63H65I6O12S/c1-4-61(25-7-8-26-61)79-58(70)37-73-52-31-49(67)55(34-46(52)64)76-40-13-19-43(20-14-40)82(44-21-15-41(16-22-44)77-56-35-47(65)53(32-50(56)68)74-38-59(71)80-62(5-2)27-9-10-28-62)45-23-17-42(18-24-45)78-57-36-48(66)54(33-51(57)69)75-39-60(72)81-63(6-3)29-11-12-30-63/h13-24,31-36,58,70H,4-12,25-30,37-39H2,1-3H3/q+1. The Kier molecular flexibility index (Phi) is 23.2. The molecule has 0 radical (unpaired) electrons. The van der Waals surface area contributed by atoms with E-state index < -0.39 is 17.2 Å². The van der Waals surface area contributed by atoms with Gasteiger partial charge in [0.1, 0.15) is 69.6 Å². The van der Waals surface area contributed by atoms with Crippen LogP contribution < -0.4 is 28.4 Å². The van der Waals surface area contributed by atoms with E-state index in [1.54, 1.807) is 0 Å². The molecule has 3 aliphatic rings. The number of aliphatic hydroxyl groups is 1. The first kappa shape index (κ1) is 64.2. The summed E-state index contributed by atoms with van der Waals surface area (Å²) in [5.41, 5.74) is -1.01. The Balaban J connectivity index is 0.900. The molecule has 6 aromatic carbocycles. The Morgan fingerprint density at radius 1 is 0.439 bits per heavy atom. The van der Waals surface area contributed by atoms with Crippen molar-refractivity contribution in [2.45, 2.75) is 155 Å². The number of halogens is 6. The van der Waals surface area contributed by atoms with Crippen LogP contribution >= 0.6 is 136 Å². The average Bonchev–Trinajstić information content (AvgIpc) is 4.31. The highest BCUT2D eigenvalue weighted by molar-refractivity contribution is 14.1. The van der Waals surface area contributed by atoms with Crippen LogP contribution in [0.2, 0.25) is 0 Å². The van der Waals surface area contributed by atoms with Gasteiger partial charge in [0.25, 0.3) is 0 Å². The highest BCUT2D eigenvalue weighted by Crippen LogP contribution is 2.43. The summed E-state index contributed by atoms with van der Waals surface area (Å²) >= 11 is 13.4. The van der Waals surface area contributed by atoms with Crippen LogP contribution in [-0.2, 0) is 34.7 Å². The Bertz CT molecular complexity index is 3020. The molecule has 1 unspecified atom stereocenters. The number of hydrogen-bond acceptors (Lipinski definition) is 12. The summed E-state index contributed by atoms with van der Waals surface area (Å²) < 4.78 is 60.6. The van der Waals surface area contributed by atoms with Gasteiger partial charge in [0.15, 0.2) is 34.2 Å². The zero-order valence-electron chi connectivity index (χ0n) is 45.8. The molecule has 1 atom stereocenters. The molecule has 82 heavy (non-hydrogen) atoms. The van der Waals surface area contributed by atoms with E-state index in [0.717, 1.165) is 132 Å². The van der Waals surface area contributed by atoms with Crippen LogP contribution in [-0.4, -0.2) is 60.0 Å². The fourth-order valence-corrected chi connectivity index (χ4v) is 16.3. The van der Waals surface area contributed by atoms with Gasteiger partial charge in [-0.2, -0.15) is 0 Å². The number of benzene rings is 6. The lowest BCUT2D eigenvalue weighted by atomic mass is 9.99. The van der Waals surface area contributed by atoms with E-state index >= 15 is 0 Å². The van der Waals surface area contributed by atoms with Crippen LogP contribution in [0.1, 0.15) is 117 Å². The predicted octanol–water partition coefficient (Wildman–Crippen LogP) is 18.5. The van der Waals surface area contributed by atoms with Crippen LogP contribution in [0.5, 0.6) is 51.7 Å². The second-order valence-corrected chi connectivity index (χ2v) is 29.8. The van der Waals surface area contributed by atoms with Crippen molar-refractivity contribution in [1.82, 2.24) is 0 Å². The minimum absolute atomic E-state index is 0.0382. The summed E-state index contributed by atoms with van der Waals surface area (Å²) in [4.78, 5) is 28.9. The predicted molar refractivity (Wildman–Crippen MR) is 368 cm³/mol. The molecule has 0 heterocycles. The maximum absolute atomic E-state index is 12.9. The molecule has 1 N–H and O–H groups in total. The third kappa shape index (κ3) is 16.7. The SMILES string of the molecule is CCC1(OC(=O)COc2cc(I)c(Oc3ccc([S+](c4ccc(Oc5cc(I)c(OCC(=O)OC6(CC)CCCC6)cc5I)cc4)c4ccc(Oc5cc(I)c(OCC(O)OC6(CC)CCCC6)cc5I)cc4)cc3)cc2I)CCCC1. The lowest BCUT2D eigenvalue weighted by Gasteiger charge is -2.30. The third-order valence-electron chi connectivity index (χ3n) is 15.4. The zero-order chi connectivity index (χ0) is 58.0. The average molecular weight is 1810 g/mol. The fraction of sp³-hybridized carbons (Fsp3) is 0.397. The Labute approximate surface area is 565 Å². The molecule has 19 heteroatoms. The molecule has 0 saturated heterocycles. The summed E-state index contributed by atoms with van der Waals surface area (Å²) in [7, 11) is -0.578. The fourth-order valence-electron chi connectivity index (χ4n) is 10.8. The van der Waals surface area contributed by atoms with Crippen LogP contribution in [0.15, 0.2) is 124 Å². The van der Waals surface area contributed by atoms with Crippen molar-refractivity contribution in [2.24, 2.45) is 0 Å². The molecule has 0 aliphatic heterocycles. The van der Waals surface area contributed by atoms with E-state index in [2.05, 4.69) is 193 Å². The van der Waals surface area contributed by atoms with Gasteiger partial charge in [0.2, 0.25) is 0 Å². The third-order valence-corrected chi connectivity index (χ3v) is 22.7. The molecule has 6 aromatic rings. The first-order valence-corrected chi connectivity index (χ1v) is 35.4. The zero-order valence-corrected chi connectivity index (χ0v) is 59.6. The Morgan fingerprint density at radius 2 is 0.720 bits per heavy atom. The van der Waals surface area contributed by atoms with Gasteiger partial charge in [-0.05, 0) is 328 Å². The van der Waals surface area contributed by atoms with Gasteiger partial charge in [-0.1, -0.05) is 33.6 Å². The highest BCUT2D eigenvalue weighted by atomic mass is 127. The molecule has 0 spiro atoms. The van der Waals surface area contributed by atoms with Crippen LogP contribution in [0, 0.1) is 21.4 Å². The molecular weight excluding hydrogens is 1740 g/mol. The summed E-state index contributed by atoms with van der Waals surface area (Å²) in [6.07, 6.45) is 13.5. The van der Waals surface area contributed by atoms with Crippen LogP contribution in [0.3, 0.4) is 0 Å². The maximum atomic E-state index is 12.9. The number of aliphatic hydroxyl groups excluding tert-OH is 1. The van der Waals surface area contributed by atoms with Crippen LogP contribution in [0.4, 0.5) is 0 Å². The number of carbonyl (C=O) groups is 2. The lowest BCUT2D eigenvalue weighted by molar-refractivity contribution is -0.196. The van der Waals surface area contributed by atoms with Gasteiger partial charge in [-0.3, -0.25) is 0 Å². The molecule has 0 amide bonds. The van der Waals surface area contributed by atoms with E-state index in [0.29, 0.717) is 51.7 Å². The molecular formula is C63H65I6O12S+. The van der Waals surface area contributed by atoms with E-state index in [4.69, 9.17) is 42.6 Å². The topological polar surface area (TPSA) is 137 Å². The van der Waals surface area contributed by atoms with Gasteiger partial charge in [0.05, 0.1) is 37.9 Å². The number of hydrogen-bond donors (Lipinski definition) is 1. The highest BCUT2D eigenvalue weighted by Gasteiger charge is 2.38. The molecule has 3 fully saturated rings. The molecule has 9 rings (SSSR count). The quantitative estimate of drug-likeness (QED) is 0.0253. The van der Waals surface area contributed by atoms with Gasteiger partial charge in [-0.25, -0.2) is 9.59 Å². The van der Waals surface area contributed by atoms with Crippen molar-refractivity contribution < 1.29 is 57.3 Å². The maximum Gasteiger partial charge on any atom is 0.344 e. The number of rotatable bonds is 25.